The molecule has 180 valence electrons. The van der Waals surface area contributed by atoms with Crippen molar-refractivity contribution in [2.75, 3.05) is 24.4 Å². The second kappa shape index (κ2) is 11.4. The van der Waals surface area contributed by atoms with Crippen LogP contribution in [0.15, 0.2) is 47.4 Å². The zero-order chi connectivity index (χ0) is 24.0. The second-order valence-corrected chi connectivity index (χ2v) is 11.1. The fourth-order valence-electron chi connectivity index (χ4n) is 4.01. The number of halogens is 1. The maximum absolute atomic E-state index is 12.9. The first-order valence-electron chi connectivity index (χ1n) is 11.6. The van der Waals surface area contributed by atoms with Gasteiger partial charge in [-0.15, -0.1) is 0 Å². The smallest absolute Gasteiger partial charge is 0.261 e. The molecule has 0 bridgehead atoms. The van der Waals surface area contributed by atoms with Gasteiger partial charge in [-0.05, 0) is 81.5 Å². The van der Waals surface area contributed by atoms with E-state index in [0.29, 0.717) is 24.2 Å². The van der Waals surface area contributed by atoms with Crippen molar-refractivity contribution >= 4 is 33.2 Å². The summed E-state index contributed by atoms with van der Waals surface area (Å²) in [5.74, 6) is 0.0179. The van der Waals surface area contributed by atoms with Gasteiger partial charge in [-0.2, -0.15) is 0 Å². The van der Waals surface area contributed by atoms with Crippen LogP contribution >= 0.6 is 11.6 Å². The summed E-state index contributed by atoms with van der Waals surface area (Å²) in [5.41, 5.74) is 1.81. The molecule has 1 heterocycles. The summed E-state index contributed by atoms with van der Waals surface area (Å²) in [6, 6.07) is 12.1. The highest BCUT2D eigenvalue weighted by molar-refractivity contribution is 7.92. The fraction of sp³-hybridized carbons (Fsp3) is 0.480. The van der Waals surface area contributed by atoms with Crippen molar-refractivity contribution in [3.63, 3.8) is 0 Å². The number of anilines is 1. The first-order chi connectivity index (χ1) is 15.7. The van der Waals surface area contributed by atoms with Crippen LogP contribution in [0.4, 0.5) is 5.69 Å². The van der Waals surface area contributed by atoms with E-state index in [4.69, 9.17) is 11.6 Å². The zero-order valence-corrected chi connectivity index (χ0v) is 21.2. The Balaban J connectivity index is 1.66. The summed E-state index contributed by atoms with van der Waals surface area (Å²) >= 11 is 6.24. The first-order valence-corrected chi connectivity index (χ1v) is 13.5. The quantitative estimate of drug-likeness (QED) is 0.493. The molecule has 1 amide bonds. The first kappa shape index (κ1) is 25.5. The standard InChI is InChI=1S/C25H34ClN3O3S/c1-4-5-6-19-7-9-21(10-8-19)28-33(31,32)22-11-12-24(26)23(15-22)25(30)27-16-20-13-14-29(17-20)18(2)3/h7-12,15,18,20,28H,4-6,13-14,16-17H2,1-3H3,(H,27,30). The van der Waals surface area contributed by atoms with Crippen LogP contribution in [0.3, 0.4) is 0 Å². The van der Waals surface area contributed by atoms with Gasteiger partial charge in [0.2, 0.25) is 0 Å². The van der Waals surface area contributed by atoms with E-state index in [1.54, 1.807) is 12.1 Å². The third kappa shape index (κ3) is 6.95. The number of unbranched alkanes of at least 4 members (excludes halogenated alkanes) is 1. The summed E-state index contributed by atoms with van der Waals surface area (Å²) < 4.78 is 28.4. The van der Waals surface area contributed by atoms with Gasteiger partial charge in [0.1, 0.15) is 0 Å². The summed E-state index contributed by atoms with van der Waals surface area (Å²) in [6.45, 7) is 8.98. The number of likely N-dealkylation sites (tertiary alicyclic amines) is 1. The van der Waals surface area contributed by atoms with Crippen molar-refractivity contribution < 1.29 is 13.2 Å². The molecular weight excluding hydrogens is 458 g/mol. The van der Waals surface area contributed by atoms with Crippen molar-refractivity contribution in [2.24, 2.45) is 5.92 Å². The number of hydrogen-bond acceptors (Lipinski definition) is 4. The van der Waals surface area contributed by atoms with E-state index in [-0.39, 0.29) is 21.4 Å². The Bertz CT molecular complexity index is 1060. The number of amides is 1. The van der Waals surface area contributed by atoms with Crippen LogP contribution in [0.5, 0.6) is 0 Å². The Labute approximate surface area is 202 Å². The molecule has 0 radical (unpaired) electrons. The Hall–Kier alpha value is -2.09. The summed E-state index contributed by atoms with van der Waals surface area (Å²) in [6.07, 6.45) is 4.20. The van der Waals surface area contributed by atoms with Crippen LogP contribution in [0.25, 0.3) is 0 Å². The molecule has 2 aromatic rings. The molecule has 1 unspecified atom stereocenters. The monoisotopic (exact) mass is 491 g/mol. The topological polar surface area (TPSA) is 78.5 Å². The number of nitrogens with zero attached hydrogens (tertiary/aromatic N) is 1. The molecule has 1 atom stereocenters. The molecule has 2 aromatic carbocycles. The molecule has 1 aliphatic heterocycles. The van der Waals surface area contributed by atoms with E-state index < -0.39 is 10.0 Å². The lowest BCUT2D eigenvalue weighted by atomic mass is 10.1. The summed E-state index contributed by atoms with van der Waals surface area (Å²) in [5, 5.41) is 3.15. The number of nitrogens with one attached hydrogen (secondary N) is 2. The van der Waals surface area contributed by atoms with E-state index in [9.17, 15) is 13.2 Å². The molecule has 6 nitrogen and oxygen atoms in total. The van der Waals surface area contributed by atoms with E-state index >= 15 is 0 Å². The van der Waals surface area contributed by atoms with Crippen LogP contribution in [0.1, 0.15) is 56.0 Å². The number of carbonyl (C=O) groups excluding carboxylic acids is 1. The van der Waals surface area contributed by atoms with Crippen LogP contribution < -0.4 is 10.0 Å². The summed E-state index contributed by atoms with van der Waals surface area (Å²) in [4.78, 5) is 15.2. The van der Waals surface area contributed by atoms with Crippen molar-refractivity contribution in [2.45, 2.75) is 57.4 Å². The van der Waals surface area contributed by atoms with E-state index in [0.717, 1.165) is 38.8 Å². The van der Waals surface area contributed by atoms with E-state index in [1.807, 2.05) is 12.1 Å². The van der Waals surface area contributed by atoms with E-state index in [1.165, 1.54) is 23.8 Å². The highest BCUT2D eigenvalue weighted by Crippen LogP contribution is 2.24. The van der Waals surface area contributed by atoms with Gasteiger partial charge in [0.15, 0.2) is 0 Å². The molecule has 0 saturated carbocycles. The lowest BCUT2D eigenvalue weighted by Crippen LogP contribution is -2.33. The maximum Gasteiger partial charge on any atom is 0.261 e. The number of benzene rings is 2. The van der Waals surface area contributed by atoms with Gasteiger partial charge >= 0.3 is 0 Å². The third-order valence-corrected chi connectivity index (χ3v) is 7.83. The maximum atomic E-state index is 12.9. The molecule has 2 N–H and O–H groups in total. The average molecular weight is 492 g/mol. The van der Waals surface area contributed by atoms with Crippen LogP contribution in [0, 0.1) is 5.92 Å². The molecule has 1 saturated heterocycles. The molecule has 0 spiro atoms. The van der Waals surface area contributed by atoms with Crippen molar-refractivity contribution in [3.05, 3.63) is 58.6 Å². The fourth-order valence-corrected chi connectivity index (χ4v) is 5.30. The third-order valence-electron chi connectivity index (χ3n) is 6.12. The van der Waals surface area contributed by atoms with Gasteiger partial charge in [0.05, 0.1) is 15.5 Å². The molecule has 0 aromatic heterocycles. The predicted octanol–water partition coefficient (Wildman–Crippen LogP) is 4.94. The van der Waals surface area contributed by atoms with E-state index in [2.05, 4.69) is 35.7 Å². The Morgan fingerprint density at radius 1 is 1.18 bits per heavy atom. The van der Waals surface area contributed by atoms with Gasteiger partial charge in [-0.3, -0.25) is 9.52 Å². The van der Waals surface area contributed by atoms with Gasteiger partial charge < -0.3 is 10.2 Å². The number of carbonyl (C=O) groups is 1. The SMILES string of the molecule is CCCCc1ccc(NS(=O)(=O)c2ccc(Cl)c(C(=O)NCC3CCN(C(C)C)C3)c2)cc1. The van der Waals surface area contributed by atoms with Gasteiger partial charge in [0.25, 0.3) is 15.9 Å². The van der Waals surface area contributed by atoms with Gasteiger partial charge in [0, 0.05) is 24.8 Å². The number of sulfonamides is 1. The predicted molar refractivity (Wildman–Crippen MR) is 134 cm³/mol. The van der Waals surface area contributed by atoms with Crippen molar-refractivity contribution in [1.29, 1.82) is 0 Å². The number of aryl methyl sites for hydroxylation is 1. The minimum absolute atomic E-state index is 0.000964. The minimum Gasteiger partial charge on any atom is -0.352 e. The summed E-state index contributed by atoms with van der Waals surface area (Å²) in [7, 11) is -3.86. The van der Waals surface area contributed by atoms with Crippen molar-refractivity contribution in [3.8, 4) is 0 Å². The Kier molecular flexibility index (Phi) is 8.79. The van der Waals surface area contributed by atoms with Crippen LogP contribution in [0.2, 0.25) is 5.02 Å². The molecule has 8 heteroatoms. The normalized spacial score (nSPS) is 16.8. The largest absolute Gasteiger partial charge is 0.352 e. The Morgan fingerprint density at radius 2 is 1.91 bits per heavy atom. The minimum atomic E-state index is -3.86. The average Bonchev–Trinajstić information content (AvgIpc) is 3.26. The number of rotatable bonds is 10. The molecule has 0 aliphatic carbocycles. The second-order valence-electron chi connectivity index (χ2n) is 9.00. The zero-order valence-electron chi connectivity index (χ0n) is 19.6. The lowest BCUT2D eigenvalue weighted by Gasteiger charge is -2.20. The highest BCUT2D eigenvalue weighted by atomic mass is 35.5. The van der Waals surface area contributed by atoms with Crippen molar-refractivity contribution in [1.82, 2.24) is 10.2 Å². The van der Waals surface area contributed by atoms with Gasteiger partial charge in [-0.1, -0.05) is 37.1 Å². The lowest BCUT2D eigenvalue weighted by molar-refractivity contribution is 0.0947. The van der Waals surface area contributed by atoms with Gasteiger partial charge in [-0.25, -0.2) is 8.42 Å². The van der Waals surface area contributed by atoms with Crippen LogP contribution in [-0.4, -0.2) is 44.9 Å². The molecule has 1 fully saturated rings. The molecular formula is C25H34ClN3O3S. The highest BCUT2D eigenvalue weighted by Gasteiger charge is 2.25. The van der Waals surface area contributed by atoms with Crippen LogP contribution in [-0.2, 0) is 16.4 Å². The number of hydrogen-bond donors (Lipinski definition) is 2. The Morgan fingerprint density at radius 3 is 2.55 bits per heavy atom. The molecule has 3 rings (SSSR count). The molecule has 1 aliphatic rings. The molecule has 33 heavy (non-hydrogen) atoms.